The molecule has 15 heavy (non-hydrogen) atoms. The predicted octanol–water partition coefficient (Wildman–Crippen LogP) is 4.19. The molecule has 1 nitrogen and oxygen atoms in total. The first kappa shape index (κ1) is 11.4. The van der Waals surface area contributed by atoms with E-state index < -0.39 is 5.60 Å². The molecule has 0 radical (unpaired) electrons. The molecule has 1 aromatic rings. The zero-order valence-electron chi connectivity index (χ0n) is 9.00. The molecular formula is C12H17ClOS. The minimum absolute atomic E-state index is 0.600. The molecule has 1 aliphatic rings. The van der Waals surface area contributed by atoms with Gasteiger partial charge in [0, 0.05) is 4.88 Å². The van der Waals surface area contributed by atoms with Crippen molar-refractivity contribution in [2.75, 3.05) is 0 Å². The third kappa shape index (κ3) is 2.38. The molecule has 0 amide bonds. The molecular weight excluding hydrogens is 228 g/mol. The second-order valence-electron chi connectivity index (χ2n) is 4.51. The SMILES string of the molecule is CCC1CCCC(O)(c2ccc(Cl)s2)C1. The van der Waals surface area contributed by atoms with E-state index in [0.29, 0.717) is 5.92 Å². The largest absolute Gasteiger partial charge is 0.384 e. The summed E-state index contributed by atoms with van der Waals surface area (Å²) in [6.07, 6.45) is 5.35. The molecule has 1 saturated carbocycles. The summed E-state index contributed by atoms with van der Waals surface area (Å²) in [7, 11) is 0. The van der Waals surface area contributed by atoms with E-state index in [9.17, 15) is 5.11 Å². The number of aliphatic hydroxyl groups is 1. The van der Waals surface area contributed by atoms with Crippen molar-refractivity contribution in [1.29, 1.82) is 0 Å². The fourth-order valence-electron chi connectivity index (χ4n) is 2.50. The van der Waals surface area contributed by atoms with Crippen LogP contribution >= 0.6 is 22.9 Å². The number of thiophene rings is 1. The third-order valence-corrected chi connectivity index (χ3v) is 4.86. The molecule has 2 unspecified atom stereocenters. The topological polar surface area (TPSA) is 20.2 Å². The summed E-state index contributed by atoms with van der Waals surface area (Å²) in [4.78, 5) is 1.05. The van der Waals surface area contributed by atoms with Crippen LogP contribution in [0.25, 0.3) is 0 Å². The van der Waals surface area contributed by atoms with Crippen LogP contribution < -0.4 is 0 Å². The molecule has 0 spiro atoms. The number of halogens is 1. The summed E-state index contributed by atoms with van der Waals surface area (Å²) in [5.74, 6) is 0.671. The van der Waals surface area contributed by atoms with Crippen molar-refractivity contribution in [2.45, 2.75) is 44.6 Å². The van der Waals surface area contributed by atoms with Crippen molar-refractivity contribution in [3.63, 3.8) is 0 Å². The molecule has 1 N–H and O–H groups in total. The summed E-state index contributed by atoms with van der Waals surface area (Å²) >= 11 is 7.44. The molecule has 1 heterocycles. The maximum absolute atomic E-state index is 10.6. The van der Waals surface area contributed by atoms with Crippen molar-refractivity contribution in [3.8, 4) is 0 Å². The van der Waals surface area contributed by atoms with Gasteiger partial charge in [0.1, 0.15) is 0 Å². The highest BCUT2D eigenvalue weighted by molar-refractivity contribution is 7.16. The van der Waals surface area contributed by atoms with Crippen LogP contribution in [0.2, 0.25) is 4.34 Å². The Morgan fingerprint density at radius 3 is 3.00 bits per heavy atom. The maximum Gasteiger partial charge on any atom is 0.0991 e. The van der Waals surface area contributed by atoms with E-state index in [1.165, 1.54) is 24.2 Å². The summed E-state index contributed by atoms with van der Waals surface area (Å²) in [5, 5.41) is 10.6. The summed E-state index contributed by atoms with van der Waals surface area (Å²) in [6, 6.07) is 3.86. The fourth-order valence-corrected chi connectivity index (χ4v) is 3.67. The molecule has 1 aromatic heterocycles. The zero-order valence-corrected chi connectivity index (χ0v) is 10.6. The van der Waals surface area contributed by atoms with Crippen LogP contribution in [0, 0.1) is 5.92 Å². The Morgan fingerprint density at radius 1 is 1.60 bits per heavy atom. The van der Waals surface area contributed by atoms with Gasteiger partial charge in [0.15, 0.2) is 0 Å². The van der Waals surface area contributed by atoms with Gasteiger partial charge in [-0.25, -0.2) is 0 Å². The van der Waals surface area contributed by atoms with Gasteiger partial charge < -0.3 is 5.11 Å². The second-order valence-corrected chi connectivity index (χ2v) is 6.22. The Kier molecular flexibility index (Phi) is 3.39. The maximum atomic E-state index is 10.6. The Bertz CT molecular complexity index is 336. The predicted molar refractivity (Wildman–Crippen MR) is 65.5 cm³/mol. The van der Waals surface area contributed by atoms with Crippen LogP contribution in [-0.4, -0.2) is 5.11 Å². The van der Waals surface area contributed by atoms with E-state index in [2.05, 4.69) is 6.92 Å². The number of hydrogen-bond donors (Lipinski definition) is 1. The lowest BCUT2D eigenvalue weighted by atomic mass is 9.76. The van der Waals surface area contributed by atoms with Crippen LogP contribution in [-0.2, 0) is 5.60 Å². The lowest BCUT2D eigenvalue weighted by Gasteiger charge is -2.35. The number of rotatable bonds is 2. The minimum Gasteiger partial charge on any atom is -0.384 e. The molecule has 0 bridgehead atoms. The first-order valence-corrected chi connectivity index (χ1v) is 6.81. The van der Waals surface area contributed by atoms with Gasteiger partial charge in [-0.05, 0) is 37.3 Å². The standard InChI is InChI=1S/C12H17ClOS/c1-2-9-4-3-7-12(14,8-9)10-5-6-11(13)15-10/h5-6,9,14H,2-4,7-8H2,1H3. The van der Waals surface area contributed by atoms with Crippen LogP contribution in [0.3, 0.4) is 0 Å². The highest BCUT2D eigenvalue weighted by Crippen LogP contribution is 2.44. The third-order valence-electron chi connectivity index (χ3n) is 3.44. The molecule has 2 atom stereocenters. The van der Waals surface area contributed by atoms with Crippen molar-refractivity contribution >= 4 is 22.9 Å². The van der Waals surface area contributed by atoms with Crippen molar-refractivity contribution in [2.24, 2.45) is 5.92 Å². The van der Waals surface area contributed by atoms with E-state index in [4.69, 9.17) is 11.6 Å². The summed E-state index contributed by atoms with van der Waals surface area (Å²) in [5.41, 5.74) is -0.600. The Hall–Kier alpha value is -0.0500. The summed E-state index contributed by atoms with van der Waals surface area (Å²) in [6.45, 7) is 2.21. The molecule has 0 aliphatic heterocycles. The quantitative estimate of drug-likeness (QED) is 0.827. The Labute approximate surface area is 100 Å². The minimum atomic E-state index is -0.600. The number of hydrogen-bond acceptors (Lipinski definition) is 2. The first-order valence-electron chi connectivity index (χ1n) is 5.62. The van der Waals surface area contributed by atoms with Crippen LogP contribution in [0.4, 0.5) is 0 Å². The molecule has 1 fully saturated rings. The van der Waals surface area contributed by atoms with Crippen molar-refractivity contribution in [1.82, 2.24) is 0 Å². The van der Waals surface area contributed by atoms with Gasteiger partial charge in [-0.3, -0.25) is 0 Å². The second kappa shape index (κ2) is 4.44. The Morgan fingerprint density at radius 2 is 2.40 bits per heavy atom. The van der Waals surface area contributed by atoms with Gasteiger partial charge in [0.05, 0.1) is 9.94 Å². The molecule has 2 rings (SSSR count). The molecule has 1 aliphatic carbocycles. The smallest absolute Gasteiger partial charge is 0.0991 e. The Balaban J connectivity index is 2.18. The highest BCUT2D eigenvalue weighted by atomic mass is 35.5. The average molecular weight is 245 g/mol. The molecule has 84 valence electrons. The lowest BCUT2D eigenvalue weighted by Crippen LogP contribution is -2.31. The zero-order chi connectivity index (χ0) is 10.9. The average Bonchev–Trinajstić information content (AvgIpc) is 2.65. The summed E-state index contributed by atoms with van der Waals surface area (Å²) < 4.78 is 0.775. The van der Waals surface area contributed by atoms with Crippen LogP contribution in [0.15, 0.2) is 12.1 Å². The van der Waals surface area contributed by atoms with E-state index in [-0.39, 0.29) is 0 Å². The van der Waals surface area contributed by atoms with Crippen molar-refractivity contribution < 1.29 is 5.11 Å². The van der Waals surface area contributed by atoms with E-state index in [1.54, 1.807) is 0 Å². The van der Waals surface area contributed by atoms with Gasteiger partial charge in [-0.1, -0.05) is 31.4 Å². The van der Waals surface area contributed by atoms with E-state index in [0.717, 1.165) is 28.5 Å². The van der Waals surface area contributed by atoms with Crippen LogP contribution in [0.5, 0.6) is 0 Å². The van der Waals surface area contributed by atoms with Gasteiger partial charge in [0.25, 0.3) is 0 Å². The lowest BCUT2D eigenvalue weighted by molar-refractivity contribution is -0.0185. The van der Waals surface area contributed by atoms with Gasteiger partial charge in [-0.15, -0.1) is 11.3 Å². The highest BCUT2D eigenvalue weighted by Gasteiger charge is 2.36. The van der Waals surface area contributed by atoms with Gasteiger partial charge in [-0.2, -0.15) is 0 Å². The fraction of sp³-hybridized carbons (Fsp3) is 0.667. The molecule has 3 heteroatoms. The van der Waals surface area contributed by atoms with Crippen LogP contribution in [0.1, 0.15) is 43.9 Å². The molecule has 0 aromatic carbocycles. The van der Waals surface area contributed by atoms with Gasteiger partial charge in [0.2, 0.25) is 0 Å². The normalized spacial score (nSPS) is 31.8. The van der Waals surface area contributed by atoms with E-state index in [1.807, 2.05) is 12.1 Å². The van der Waals surface area contributed by atoms with Crippen molar-refractivity contribution in [3.05, 3.63) is 21.3 Å². The monoisotopic (exact) mass is 244 g/mol. The first-order chi connectivity index (χ1) is 7.14. The molecule has 0 saturated heterocycles. The van der Waals surface area contributed by atoms with E-state index >= 15 is 0 Å². The van der Waals surface area contributed by atoms with Gasteiger partial charge >= 0.3 is 0 Å².